The zero-order chi connectivity index (χ0) is 13.3. The summed E-state index contributed by atoms with van der Waals surface area (Å²) in [5, 5.41) is 2.46. The summed E-state index contributed by atoms with van der Waals surface area (Å²) in [5.41, 5.74) is -0.615. The number of hydrogen-bond acceptors (Lipinski definition) is 3. The largest absolute Gasteiger partial charge is 0.380 e. The van der Waals surface area contributed by atoms with Gasteiger partial charge in [0.05, 0.1) is 6.10 Å². The maximum atomic E-state index is 12.1. The minimum atomic E-state index is -0.615. The van der Waals surface area contributed by atoms with Crippen molar-refractivity contribution in [3.8, 4) is 0 Å². The molecule has 2 rings (SSSR count). The number of ether oxygens (including phenoxy) is 1. The molecule has 102 valence electrons. The van der Waals surface area contributed by atoms with Crippen molar-refractivity contribution in [2.24, 2.45) is 5.92 Å². The fourth-order valence-corrected chi connectivity index (χ4v) is 2.92. The zero-order valence-electron chi connectivity index (χ0n) is 11.4. The summed E-state index contributed by atoms with van der Waals surface area (Å²) >= 11 is 0. The van der Waals surface area contributed by atoms with Crippen molar-refractivity contribution in [1.82, 2.24) is 10.2 Å². The van der Waals surface area contributed by atoms with E-state index in [0.717, 1.165) is 25.7 Å². The molecule has 2 aliphatic rings. The van der Waals surface area contributed by atoms with Crippen molar-refractivity contribution in [3.05, 3.63) is 0 Å². The SMILES string of the molecule is COC(C)CN1C(=O)NC(=O)C12CCC(C)CC2. The number of imide groups is 1. The van der Waals surface area contributed by atoms with Crippen molar-refractivity contribution in [2.75, 3.05) is 13.7 Å². The lowest BCUT2D eigenvalue weighted by Gasteiger charge is -2.40. The van der Waals surface area contributed by atoms with Gasteiger partial charge in [-0.05, 0) is 38.5 Å². The van der Waals surface area contributed by atoms with Crippen molar-refractivity contribution < 1.29 is 14.3 Å². The van der Waals surface area contributed by atoms with Crippen LogP contribution in [0, 0.1) is 5.92 Å². The van der Waals surface area contributed by atoms with E-state index in [4.69, 9.17) is 4.74 Å². The van der Waals surface area contributed by atoms with E-state index in [1.807, 2.05) is 6.92 Å². The number of carbonyl (C=O) groups excluding carboxylic acids is 2. The molecule has 1 atom stereocenters. The first kappa shape index (κ1) is 13.3. The molecule has 3 amide bonds. The summed E-state index contributed by atoms with van der Waals surface area (Å²) < 4.78 is 5.22. The predicted molar refractivity (Wildman–Crippen MR) is 67.1 cm³/mol. The second kappa shape index (κ2) is 4.88. The molecule has 1 spiro atoms. The number of methoxy groups -OCH3 is 1. The third-order valence-corrected chi connectivity index (χ3v) is 4.35. The van der Waals surface area contributed by atoms with Gasteiger partial charge in [0.15, 0.2) is 0 Å². The van der Waals surface area contributed by atoms with Gasteiger partial charge in [-0.1, -0.05) is 6.92 Å². The first-order chi connectivity index (χ1) is 8.49. The molecule has 1 saturated heterocycles. The molecule has 1 heterocycles. The van der Waals surface area contributed by atoms with Crippen LogP contribution in [0.2, 0.25) is 0 Å². The Balaban J connectivity index is 2.19. The van der Waals surface area contributed by atoms with Crippen LogP contribution in [-0.2, 0) is 9.53 Å². The number of nitrogens with one attached hydrogen (secondary N) is 1. The minimum absolute atomic E-state index is 0.0575. The van der Waals surface area contributed by atoms with Crippen molar-refractivity contribution >= 4 is 11.9 Å². The van der Waals surface area contributed by atoms with Crippen LogP contribution in [0.15, 0.2) is 0 Å². The van der Waals surface area contributed by atoms with Crippen LogP contribution in [0.1, 0.15) is 39.5 Å². The molecule has 1 N–H and O–H groups in total. The third-order valence-electron chi connectivity index (χ3n) is 4.35. The molecule has 18 heavy (non-hydrogen) atoms. The van der Waals surface area contributed by atoms with Crippen LogP contribution in [0.4, 0.5) is 4.79 Å². The standard InChI is InChI=1S/C13H22N2O3/c1-9-4-6-13(7-5-9)11(16)14-12(17)15(13)8-10(2)18-3/h9-10H,4-8H2,1-3H3,(H,14,16,17). The molecule has 1 saturated carbocycles. The molecule has 0 aromatic carbocycles. The van der Waals surface area contributed by atoms with E-state index < -0.39 is 5.54 Å². The van der Waals surface area contributed by atoms with Crippen molar-refractivity contribution in [2.45, 2.75) is 51.2 Å². The Kier molecular flexibility index (Phi) is 3.61. The number of carbonyl (C=O) groups is 2. The predicted octanol–water partition coefficient (Wildman–Crippen LogP) is 1.52. The van der Waals surface area contributed by atoms with Crippen LogP contribution in [0.5, 0.6) is 0 Å². The summed E-state index contributed by atoms with van der Waals surface area (Å²) in [7, 11) is 1.62. The highest BCUT2D eigenvalue weighted by molar-refractivity contribution is 6.07. The lowest BCUT2D eigenvalue weighted by molar-refractivity contribution is -0.129. The highest BCUT2D eigenvalue weighted by Crippen LogP contribution is 2.39. The number of urea groups is 1. The Bertz CT molecular complexity index is 348. The van der Waals surface area contributed by atoms with Gasteiger partial charge in [-0.2, -0.15) is 0 Å². The molecule has 0 bridgehead atoms. The summed E-state index contributed by atoms with van der Waals surface area (Å²) in [6.45, 7) is 4.58. The maximum Gasteiger partial charge on any atom is 0.325 e. The molecule has 0 aromatic heterocycles. The molecular weight excluding hydrogens is 232 g/mol. The van der Waals surface area contributed by atoms with Gasteiger partial charge in [0.25, 0.3) is 5.91 Å². The lowest BCUT2D eigenvalue weighted by atomic mass is 9.76. The Hall–Kier alpha value is -1.10. The molecule has 0 aromatic rings. The molecule has 5 nitrogen and oxygen atoms in total. The van der Waals surface area contributed by atoms with E-state index in [1.165, 1.54) is 0 Å². The molecule has 1 aliphatic carbocycles. The van der Waals surface area contributed by atoms with E-state index in [9.17, 15) is 9.59 Å². The maximum absolute atomic E-state index is 12.1. The van der Waals surface area contributed by atoms with Gasteiger partial charge in [-0.25, -0.2) is 4.79 Å². The Morgan fingerprint density at radius 3 is 2.61 bits per heavy atom. The molecule has 0 radical (unpaired) electrons. The van der Waals surface area contributed by atoms with Crippen LogP contribution in [0.25, 0.3) is 0 Å². The fourth-order valence-electron chi connectivity index (χ4n) is 2.92. The molecule has 1 aliphatic heterocycles. The topological polar surface area (TPSA) is 58.6 Å². The normalized spacial score (nSPS) is 33.9. The number of rotatable bonds is 3. The van der Waals surface area contributed by atoms with Crippen molar-refractivity contribution in [1.29, 1.82) is 0 Å². The van der Waals surface area contributed by atoms with Crippen LogP contribution in [-0.4, -0.2) is 42.1 Å². The van der Waals surface area contributed by atoms with Gasteiger partial charge >= 0.3 is 6.03 Å². The minimum Gasteiger partial charge on any atom is -0.380 e. The number of hydrogen-bond donors (Lipinski definition) is 1. The monoisotopic (exact) mass is 254 g/mol. The smallest absolute Gasteiger partial charge is 0.325 e. The average molecular weight is 254 g/mol. The van der Waals surface area contributed by atoms with E-state index in [-0.39, 0.29) is 18.0 Å². The average Bonchev–Trinajstić information content (AvgIpc) is 2.57. The molecule has 2 fully saturated rings. The second-order valence-electron chi connectivity index (χ2n) is 5.63. The van der Waals surface area contributed by atoms with E-state index in [2.05, 4.69) is 12.2 Å². The van der Waals surface area contributed by atoms with Gasteiger partial charge in [0.2, 0.25) is 0 Å². The Labute approximate surface area is 108 Å². The van der Waals surface area contributed by atoms with E-state index in [1.54, 1.807) is 12.0 Å². The Morgan fingerprint density at radius 2 is 2.06 bits per heavy atom. The molecule has 1 unspecified atom stereocenters. The lowest BCUT2D eigenvalue weighted by Crippen LogP contribution is -2.53. The summed E-state index contributed by atoms with van der Waals surface area (Å²) in [6, 6.07) is -0.265. The van der Waals surface area contributed by atoms with E-state index >= 15 is 0 Å². The highest BCUT2D eigenvalue weighted by Gasteiger charge is 2.53. The van der Waals surface area contributed by atoms with Crippen LogP contribution < -0.4 is 5.32 Å². The first-order valence-corrected chi connectivity index (χ1v) is 6.65. The van der Waals surface area contributed by atoms with Gasteiger partial charge in [-0.3, -0.25) is 10.1 Å². The van der Waals surface area contributed by atoms with Gasteiger partial charge in [0.1, 0.15) is 5.54 Å². The summed E-state index contributed by atoms with van der Waals surface area (Å²) in [5.74, 6) is 0.517. The third kappa shape index (κ3) is 2.11. The van der Waals surface area contributed by atoms with Gasteiger partial charge in [-0.15, -0.1) is 0 Å². The Morgan fingerprint density at radius 1 is 1.44 bits per heavy atom. The summed E-state index contributed by atoms with van der Waals surface area (Å²) in [4.78, 5) is 25.8. The quantitative estimate of drug-likeness (QED) is 0.777. The number of nitrogens with zero attached hydrogens (tertiary/aromatic N) is 1. The molecular formula is C13H22N2O3. The van der Waals surface area contributed by atoms with Crippen LogP contribution in [0.3, 0.4) is 0 Å². The van der Waals surface area contributed by atoms with Crippen molar-refractivity contribution in [3.63, 3.8) is 0 Å². The van der Waals surface area contributed by atoms with E-state index in [0.29, 0.717) is 12.5 Å². The summed E-state index contributed by atoms with van der Waals surface area (Å²) in [6.07, 6.45) is 3.47. The van der Waals surface area contributed by atoms with Crippen LogP contribution >= 0.6 is 0 Å². The highest BCUT2D eigenvalue weighted by atomic mass is 16.5. The van der Waals surface area contributed by atoms with Gasteiger partial charge in [0, 0.05) is 13.7 Å². The fraction of sp³-hybridized carbons (Fsp3) is 0.846. The zero-order valence-corrected chi connectivity index (χ0v) is 11.4. The van der Waals surface area contributed by atoms with Gasteiger partial charge < -0.3 is 9.64 Å². The number of amides is 3. The second-order valence-corrected chi connectivity index (χ2v) is 5.63. The first-order valence-electron chi connectivity index (χ1n) is 6.65. The molecule has 5 heteroatoms.